The number of hydrogen-bond donors (Lipinski definition) is 0. The molecule has 3 aromatic rings. The summed E-state index contributed by atoms with van der Waals surface area (Å²) in [7, 11) is 1.59. The topological polar surface area (TPSA) is 80.7 Å². The molecule has 1 amide bonds. The lowest BCUT2D eigenvalue weighted by Gasteiger charge is -2.42. The van der Waals surface area contributed by atoms with Crippen LogP contribution in [0.15, 0.2) is 42.7 Å². The monoisotopic (exact) mass is 469 g/mol. The summed E-state index contributed by atoms with van der Waals surface area (Å²) in [6, 6.07) is 10.0. The van der Waals surface area contributed by atoms with E-state index in [1.165, 1.54) is 0 Å². The zero-order valence-electron chi connectivity index (χ0n) is 19.3. The molecule has 4 rings (SSSR count). The maximum Gasteiger partial charge on any atom is 0.410 e. The van der Waals surface area contributed by atoms with E-state index in [4.69, 9.17) is 21.1 Å². The molecule has 0 saturated carbocycles. The molecule has 174 valence electrons. The third kappa shape index (κ3) is 5.27. The molecule has 3 heterocycles. The Morgan fingerprint density at radius 2 is 1.91 bits per heavy atom. The van der Waals surface area contributed by atoms with E-state index < -0.39 is 5.60 Å². The van der Waals surface area contributed by atoms with Gasteiger partial charge >= 0.3 is 6.09 Å². The average molecular weight is 470 g/mol. The Balaban J connectivity index is 1.69. The van der Waals surface area contributed by atoms with Crippen LogP contribution in [0.3, 0.4) is 0 Å². The molecule has 0 aliphatic carbocycles. The Kier molecular flexibility index (Phi) is 6.56. The van der Waals surface area contributed by atoms with Gasteiger partial charge in [-0.3, -0.25) is 4.98 Å². The fraction of sp³-hybridized carbons (Fsp3) is 0.417. The van der Waals surface area contributed by atoms with Crippen LogP contribution in [0.25, 0.3) is 10.9 Å². The van der Waals surface area contributed by atoms with Crippen LogP contribution < -0.4 is 9.64 Å². The first kappa shape index (κ1) is 23.0. The van der Waals surface area contributed by atoms with Gasteiger partial charge in [0.25, 0.3) is 0 Å². The SMILES string of the molecule is COc1cncc2nc(Cl)nc(N3CCN(C(=O)OC(C)(C)C)C(Cc4ccccc4)C3)c12. The summed E-state index contributed by atoms with van der Waals surface area (Å²) in [5.41, 5.74) is 1.19. The van der Waals surface area contributed by atoms with Crippen LogP contribution in [-0.2, 0) is 11.2 Å². The Morgan fingerprint density at radius 3 is 2.61 bits per heavy atom. The molecule has 9 heteroatoms. The zero-order chi connectivity index (χ0) is 23.6. The summed E-state index contributed by atoms with van der Waals surface area (Å²) < 4.78 is 11.2. The number of fused-ring (bicyclic) bond motifs is 1. The molecule has 0 N–H and O–H groups in total. The van der Waals surface area contributed by atoms with Gasteiger partial charge in [0.1, 0.15) is 17.2 Å². The third-order valence-corrected chi connectivity index (χ3v) is 5.64. The minimum atomic E-state index is -0.567. The number of aromatic nitrogens is 3. The predicted octanol–water partition coefficient (Wildman–Crippen LogP) is 4.36. The van der Waals surface area contributed by atoms with Crippen LogP contribution in [0.2, 0.25) is 5.28 Å². The molecule has 1 aromatic carbocycles. The molecular weight excluding hydrogens is 442 g/mol. The maximum absolute atomic E-state index is 13.0. The number of carbonyl (C=O) groups excluding carboxylic acids is 1. The lowest BCUT2D eigenvalue weighted by atomic mass is 10.0. The Labute approximate surface area is 198 Å². The number of rotatable bonds is 4. The Morgan fingerprint density at radius 1 is 1.15 bits per heavy atom. The van der Waals surface area contributed by atoms with E-state index in [-0.39, 0.29) is 17.4 Å². The molecule has 33 heavy (non-hydrogen) atoms. The van der Waals surface area contributed by atoms with E-state index in [1.807, 2.05) is 43.9 Å². The summed E-state index contributed by atoms with van der Waals surface area (Å²) in [6.07, 6.45) is 3.66. The first-order valence-electron chi connectivity index (χ1n) is 10.9. The predicted molar refractivity (Wildman–Crippen MR) is 128 cm³/mol. The van der Waals surface area contributed by atoms with Crippen LogP contribution in [0.1, 0.15) is 26.3 Å². The lowest BCUT2D eigenvalue weighted by molar-refractivity contribution is 0.0141. The van der Waals surface area contributed by atoms with Crippen molar-refractivity contribution in [1.82, 2.24) is 19.9 Å². The molecule has 0 spiro atoms. The van der Waals surface area contributed by atoms with Crippen LogP contribution in [0.4, 0.5) is 10.6 Å². The number of pyridine rings is 1. The summed E-state index contributed by atoms with van der Waals surface area (Å²) in [6.45, 7) is 7.25. The largest absolute Gasteiger partial charge is 0.494 e. The van der Waals surface area contributed by atoms with Gasteiger partial charge in [0, 0.05) is 19.6 Å². The first-order valence-corrected chi connectivity index (χ1v) is 11.3. The van der Waals surface area contributed by atoms with E-state index in [0.717, 1.165) is 10.9 Å². The first-order chi connectivity index (χ1) is 15.7. The maximum atomic E-state index is 13.0. The van der Waals surface area contributed by atoms with Crippen molar-refractivity contribution in [3.63, 3.8) is 0 Å². The Hall–Kier alpha value is -3.13. The standard InChI is InChI=1S/C24H28ClN5O3/c1-24(2,3)33-23(31)30-11-10-29(15-17(30)12-16-8-6-5-7-9-16)21-20-18(27-22(25)28-21)13-26-14-19(20)32-4/h5-9,13-14,17H,10-12,15H2,1-4H3. The second-order valence-electron chi connectivity index (χ2n) is 9.02. The average Bonchev–Trinajstić information content (AvgIpc) is 2.77. The molecule has 1 unspecified atom stereocenters. The van der Waals surface area contributed by atoms with E-state index in [1.54, 1.807) is 19.5 Å². The minimum Gasteiger partial charge on any atom is -0.494 e. The van der Waals surface area contributed by atoms with Crippen LogP contribution in [0.5, 0.6) is 5.75 Å². The zero-order valence-corrected chi connectivity index (χ0v) is 20.0. The van der Waals surface area contributed by atoms with Crippen LogP contribution >= 0.6 is 11.6 Å². The number of nitrogens with zero attached hydrogens (tertiary/aromatic N) is 5. The second kappa shape index (κ2) is 9.39. The molecule has 1 saturated heterocycles. The van der Waals surface area contributed by atoms with E-state index in [2.05, 4.69) is 32.0 Å². The Bertz CT molecular complexity index is 1140. The van der Waals surface area contributed by atoms with Crippen molar-refractivity contribution in [2.24, 2.45) is 0 Å². The number of piperazine rings is 1. The summed E-state index contributed by atoms with van der Waals surface area (Å²) in [5, 5.41) is 0.891. The number of hydrogen-bond acceptors (Lipinski definition) is 7. The summed E-state index contributed by atoms with van der Waals surface area (Å²) >= 11 is 6.25. The molecule has 0 radical (unpaired) electrons. The van der Waals surface area contributed by atoms with Crippen molar-refractivity contribution in [2.45, 2.75) is 38.8 Å². The molecule has 1 aliphatic heterocycles. The molecule has 2 aromatic heterocycles. The van der Waals surface area contributed by atoms with Gasteiger partial charge < -0.3 is 19.3 Å². The van der Waals surface area contributed by atoms with Crippen molar-refractivity contribution in [1.29, 1.82) is 0 Å². The smallest absolute Gasteiger partial charge is 0.410 e. The highest BCUT2D eigenvalue weighted by Gasteiger charge is 2.35. The van der Waals surface area contributed by atoms with Gasteiger partial charge in [-0.25, -0.2) is 9.78 Å². The van der Waals surface area contributed by atoms with Crippen molar-refractivity contribution >= 4 is 34.4 Å². The number of carbonyl (C=O) groups is 1. The molecule has 1 aliphatic rings. The van der Waals surface area contributed by atoms with Gasteiger partial charge in [-0.1, -0.05) is 30.3 Å². The minimum absolute atomic E-state index is 0.118. The molecule has 1 atom stereocenters. The molecular formula is C24H28ClN5O3. The van der Waals surface area contributed by atoms with Crippen molar-refractivity contribution in [2.75, 3.05) is 31.6 Å². The van der Waals surface area contributed by atoms with E-state index >= 15 is 0 Å². The molecule has 8 nitrogen and oxygen atoms in total. The molecule has 0 bridgehead atoms. The highest BCUT2D eigenvalue weighted by molar-refractivity contribution is 6.29. The van der Waals surface area contributed by atoms with Gasteiger partial charge in [-0.05, 0) is 44.4 Å². The fourth-order valence-corrected chi connectivity index (χ4v) is 4.23. The number of ether oxygens (including phenoxy) is 2. The fourth-order valence-electron chi connectivity index (χ4n) is 4.06. The van der Waals surface area contributed by atoms with Gasteiger partial charge in [0.05, 0.1) is 36.4 Å². The van der Waals surface area contributed by atoms with E-state index in [9.17, 15) is 4.79 Å². The quantitative estimate of drug-likeness (QED) is 0.525. The number of benzene rings is 1. The third-order valence-electron chi connectivity index (χ3n) is 5.47. The van der Waals surface area contributed by atoms with Gasteiger partial charge in [0.15, 0.2) is 0 Å². The van der Waals surface area contributed by atoms with Gasteiger partial charge in [0.2, 0.25) is 5.28 Å². The molecule has 1 fully saturated rings. The summed E-state index contributed by atoms with van der Waals surface area (Å²) in [4.78, 5) is 30.0. The normalized spacial score (nSPS) is 16.7. The van der Waals surface area contributed by atoms with Crippen molar-refractivity contribution in [3.8, 4) is 5.75 Å². The lowest BCUT2D eigenvalue weighted by Crippen LogP contribution is -2.57. The van der Waals surface area contributed by atoms with Crippen molar-refractivity contribution < 1.29 is 14.3 Å². The number of anilines is 1. The van der Waals surface area contributed by atoms with Gasteiger partial charge in [-0.2, -0.15) is 4.98 Å². The second-order valence-corrected chi connectivity index (χ2v) is 9.35. The number of methoxy groups -OCH3 is 1. The van der Waals surface area contributed by atoms with Crippen LogP contribution in [-0.4, -0.2) is 64.3 Å². The summed E-state index contributed by atoms with van der Waals surface area (Å²) in [5.74, 6) is 1.25. The highest BCUT2D eigenvalue weighted by atomic mass is 35.5. The van der Waals surface area contributed by atoms with E-state index in [0.29, 0.717) is 43.1 Å². The highest BCUT2D eigenvalue weighted by Crippen LogP contribution is 2.34. The van der Waals surface area contributed by atoms with Crippen molar-refractivity contribution in [3.05, 3.63) is 53.6 Å². The number of amides is 1. The number of halogens is 1. The van der Waals surface area contributed by atoms with Crippen LogP contribution in [0, 0.1) is 0 Å². The van der Waals surface area contributed by atoms with Gasteiger partial charge in [-0.15, -0.1) is 0 Å².